The minimum absolute atomic E-state index is 0.597. The van der Waals surface area contributed by atoms with Crippen LogP contribution in [0, 0.1) is 0 Å². The van der Waals surface area contributed by atoms with Crippen molar-refractivity contribution in [1.29, 1.82) is 0 Å². The van der Waals surface area contributed by atoms with E-state index in [1.165, 1.54) is 0 Å². The molecular weight excluding hydrogens is 152 g/mol. The minimum Gasteiger partial charge on any atom is -0.361 e. The Morgan fingerprint density at radius 1 is 1.33 bits per heavy atom. The molecule has 2 N–H and O–H groups in total. The third-order valence-corrected chi connectivity index (χ3v) is 1.74. The van der Waals surface area contributed by atoms with Crippen LogP contribution in [-0.4, -0.2) is 16.3 Å². The van der Waals surface area contributed by atoms with E-state index in [0.717, 1.165) is 17.5 Å². The molecule has 0 atom stereocenters. The Morgan fingerprint density at radius 2 is 2.25 bits per heavy atom. The van der Waals surface area contributed by atoms with Gasteiger partial charge in [0.2, 0.25) is 0 Å². The van der Waals surface area contributed by atoms with Crippen LogP contribution in [0.3, 0.4) is 0 Å². The highest BCUT2D eigenvalue weighted by Crippen LogP contribution is 2.16. The van der Waals surface area contributed by atoms with Gasteiger partial charge in [0, 0.05) is 23.7 Å². The van der Waals surface area contributed by atoms with Crippen LogP contribution in [0.5, 0.6) is 0 Å². The van der Waals surface area contributed by atoms with Crippen molar-refractivity contribution in [2.75, 3.05) is 0 Å². The molecule has 0 spiro atoms. The van der Waals surface area contributed by atoms with Crippen LogP contribution in [0.4, 0.5) is 0 Å². The van der Waals surface area contributed by atoms with Gasteiger partial charge in [0.1, 0.15) is 0 Å². The number of hydrogen-bond donors (Lipinski definition) is 2. The van der Waals surface area contributed by atoms with Crippen molar-refractivity contribution >= 4 is 6.29 Å². The largest absolute Gasteiger partial charge is 0.361 e. The summed E-state index contributed by atoms with van der Waals surface area (Å²) in [7, 11) is 0. The summed E-state index contributed by atoms with van der Waals surface area (Å²) in [6.45, 7) is 0. The molecule has 0 radical (unpaired) electrons. The summed E-state index contributed by atoms with van der Waals surface area (Å²) in [4.78, 5) is 16.3. The fourth-order valence-electron chi connectivity index (χ4n) is 1.15. The monoisotopic (exact) mass is 160 g/mol. The first kappa shape index (κ1) is 6.91. The van der Waals surface area contributed by atoms with Crippen LogP contribution in [0.2, 0.25) is 0 Å². The molecule has 0 bridgehead atoms. The summed E-state index contributed by atoms with van der Waals surface area (Å²) in [5.74, 6) is 0. The molecule has 2 heterocycles. The average Bonchev–Trinajstić information content (AvgIpc) is 2.75. The van der Waals surface area contributed by atoms with Gasteiger partial charge in [-0.1, -0.05) is 0 Å². The summed E-state index contributed by atoms with van der Waals surface area (Å²) < 4.78 is 0. The van der Waals surface area contributed by atoms with Crippen molar-refractivity contribution in [2.45, 2.75) is 0 Å². The molecule has 0 aromatic carbocycles. The molecule has 12 heavy (non-hydrogen) atoms. The molecular formula is C9H8N2O. The second-order valence-electron chi connectivity index (χ2n) is 2.55. The zero-order valence-corrected chi connectivity index (χ0v) is 6.37. The second kappa shape index (κ2) is 2.70. The maximum absolute atomic E-state index is 10.3. The Morgan fingerprint density at radius 3 is 2.83 bits per heavy atom. The number of nitrogens with one attached hydrogen (secondary N) is 2. The zero-order chi connectivity index (χ0) is 8.39. The topological polar surface area (TPSA) is 48.6 Å². The SMILES string of the molecule is O=Cc1cc(-c2ccc[nH]2)c[nH]1. The zero-order valence-electron chi connectivity index (χ0n) is 6.37. The Balaban J connectivity index is 2.41. The Bertz CT molecular complexity index is 373. The van der Waals surface area contributed by atoms with Gasteiger partial charge >= 0.3 is 0 Å². The Hall–Kier alpha value is -1.77. The van der Waals surface area contributed by atoms with Gasteiger partial charge in [-0.15, -0.1) is 0 Å². The highest BCUT2D eigenvalue weighted by molar-refractivity contribution is 5.76. The summed E-state index contributed by atoms with van der Waals surface area (Å²) in [6, 6.07) is 5.68. The van der Waals surface area contributed by atoms with Crippen molar-refractivity contribution in [1.82, 2.24) is 9.97 Å². The third-order valence-electron chi connectivity index (χ3n) is 1.74. The molecule has 0 aliphatic carbocycles. The van der Waals surface area contributed by atoms with Gasteiger partial charge in [0.05, 0.1) is 5.69 Å². The van der Waals surface area contributed by atoms with Gasteiger partial charge < -0.3 is 9.97 Å². The number of hydrogen-bond acceptors (Lipinski definition) is 1. The number of aromatic nitrogens is 2. The van der Waals surface area contributed by atoms with E-state index in [0.29, 0.717) is 5.69 Å². The van der Waals surface area contributed by atoms with E-state index in [1.807, 2.05) is 18.3 Å². The molecule has 0 aliphatic heterocycles. The van der Waals surface area contributed by atoms with Crippen molar-refractivity contribution in [3.05, 3.63) is 36.3 Å². The standard InChI is InChI=1S/C9H8N2O/c12-6-8-4-7(5-11-8)9-2-1-3-10-9/h1-6,10-11H. The fourth-order valence-corrected chi connectivity index (χ4v) is 1.15. The van der Waals surface area contributed by atoms with Gasteiger partial charge in [-0.05, 0) is 18.2 Å². The summed E-state index contributed by atoms with van der Waals surface area (Å²) >= 11 is 0. The first-order chi connectivity index (χ1) is 5.90. The predicted molar refractivity (Wildman–Crippen MR) is 46.0 cm³/mol. The van der Waals surface area contributed by atoms with Crippen molar-refractivity contribution in [3.63, 3.8) is 0 Å². The van der Waals surface area contributed by atoms with Crippen molar-refractivity contribution < 1.29 is 4.79 Å². The molecule has 3 nitrogen and oxygen atoms in total. The molecule has 3 heteroatoms. The highest BCUT2D eigenvalue weighted by atomic mass is 16.1. The molecule has 2 aromatic rings. The van der Waals surface area contributed by atoms with Crippen LogP contribution in [0.25, 0.3) is 11.3 Å². The molecule has 0 aliphatic rings. The van der Waals surface area contributed by atoms with Crippen molar-refractivity contribution in [2.24, 2.45) is 0 Å². The normalized spacial score (nSPS) is 10.0. The Kier molecular flexibility index (Phi) is 1.55. The first-order valence-electron chi connectivity index (χ1n) is 3.67. The van der Waals surface area contributed by atoms with E-state index in [4.69, 9.17) is 0 Å². The van der Waals surface area contributed by atoms with E-state index < -0.39 is 0 Å². The molecule has 0 saturated carbocycles. The van der Waals surface area contributed by atoms with E-state index in [9.17, 15) is 4.79 Å². The average molecular weight is 160 g/mol. The number of H-pyrrole nitrogens is 2. The van der Waals surface area contributed by atoms with Crippen LogP contribution in [0.1, 0.15) is 10.5 Å². The lowest BCUT2D eigenvalue weighted by atomic mass is 10.2. The molecule has 0 saturated heterocycles. The third kappa shape index (κ3) is 1.05. The summed E-state index contributed by atoms with van der Waals surface area (Å²) in [5.41, 5.74) is 2.61. The highest BCUT2D eigenvalue weighted by Gasteiger charge is 2.00. The van der Waals surface area contributed by atoms with Gasteiger partial charge in [0.15, 0.2) is 6.29 Å². The summed E-state index contributed by atoms with van der Waals surface area (Å²) in [5, 5.41) is 0. The number of rotatable bonds is 2. The smallest absolute Gasteiger partial charge is 0.166 e. The molecule has 60 valence electrons. The van der Waals surface area contributed by atoms with Gasteiger partial charge in [-0.2, -0.15) is 0 Å². The maximum Gasteiger partial charge on any atom is 0.166 e. The number of carbonyl (C=O) groups excluding carboxylic acids is 1. The van der Waals surface area contributed by atoms with Gasteiger partial charge in [-0.25, -0.2) is 0 Å². The first-order valence-corrected chi connectivity index (χ1v) is 3.67. The van der Waals surface area contributed by atoms with Crippen LogP contribution in [-0.2, 0) is 0 Å². The maximum atomic E-state index is 10.3. The minimum atomic E-state index is 0.597. The quantitative estimate of drug-likeness (QED) is 0.647. The fraction of sp³-hybridized carbons (Fsp3) is 0. The van der Waals surface area contributed by atoms with Gasteiger partial charge in [-0.3, -0.25) is 4.79 Å². The molecule has 0 amide bonds. The van der Waals surface area contributed by atoms with Gasteiger partial charge in [0.25, 0.3) is 0 Å². The molecule has 0 fully saturated rings. The lowest BCUT2D eigenvalue weighted by molar-refractivity contribution is 0.111. The van der Waals surface area contributed by atoms with Crippen LogP contribution >= 0.6 is 0 Å². The molecule has 2 aromatic heterocycles. The number of aromatic amines is 2. The van der Waals surface area contributed by atoms with E-state index in [2.05, 4.69) is 9.97 Å². The van der Waals surface area contributed by atoms with Crippen molar-refractivity contribution in [3.8, 4) is 11.3 Å². The number of carbonyl (C=O) groups is 1. The lowest BCUT2D eigenvalue weighted by Gasteiger charge is -1.87. The van der Waals surface area contributed by atoms with E-state index in [-0.39, 0.29) is 0 Å². The lowest BCUT2D eigenvalue weighted by Crippen LogP contribution is -1.73. The predicted octanol–water partition coefficient (Wildman–Crippen LogP) is 1.82. The van der Waals surface area contributed by atoms with Crippen LogP contribution in [0.15, 0.2) is 30.6 Å². The van der Waals surface area contributed by atoms with E-state index >= 15 is 0 Å². The molecule has 0 unspecified atom stereocenters. The number of aldehydes is 1. The van der Waals surface area contributed by atoms with E-state index in [1.54, 1.807) is 12.3 Å². The van der Waals surface area contributed by atoms with Crippen LogP contribution < -0.4 is 0 Å². The summed E-state index contributed by atoms with van der Waals surface area (Å²) in [6.07, 6.45) is 4.45. The second-order valence-corrected chi connectivity index (χ2v) is 2.55. The Labute approximate surface area is 69.4 Å². The molecule has 2 rings (SSSR count).